The Hall–Kier alpha value is -0.950. The molecule has 5 nitrogen and oxygen atoms in total. The summed E-state index contributed by atoms with van der Waals surface area (Å²) in [6.45, 7) is 9.44. The molecule has 0 bridgehead atoms. The van der Waals surface area contributed by atoms with Crippen LogP contribution in [0.3, 0.4) is 0 Å². The number of hydrogen-bond acceptors (Lipinski definition) is 4. The van der Waals surface area contributed by atoms with Gasteiger partial charge < -0.3 is 4.74 Å². The van der Waals surface area contributed by atoms with E-state index in [4.69, 9.17) is 4.74 Å². The second-order valence-corrected chi connectivity index (χ2v) is 9.54. The average Bonchev–Trinajstić information content (AvgIpc) is 2.58. The van der Waals surface area contributed by atoms with E-state index in [1.54, 1.807) is 6.07 Å². The van der Waals surface area contributed by atoms with E-state index < -0.39 is 10.0 Å². The first-order valence-corrected chi connectivity index (χ1v) is 10.2. The lowest BCUT2D eigenvalue weighted by Gasteiger charge is -2.37. The smallest absolute Gasteiger partial charge is 0.243 e. The number of hydrogen-bond donors (Lipinski definition) is 0. The molecular formula is C18H28N2O3S. The van der Waals surface area contributed by atoms with Gasteiger partial charge in [-0.1, -0.05) is 26.0 Å². The third kappa shape index (κ3) is 4.17. The molecule has 3 rings (SSSR count). The van der Waals surface area contributed by atoms with Crippen molar-refractivity contribution in [2.45, 2.75) is 38.1 Å². The van der Waals surface area contributed by atoms with Crippen LogP contribution in [0.25, 0.3) is 0 Å². The molecule has 1 aromatic rings. The van der Waals surface area contributed by atoms with Gasteiger partial charge in [0.1, 0.15) is 0 Å². The highest BCUT2D eigenvalue weighted by molar-refractivity contribution is 7.89. The van der Waals surface area contributed by atoms with E-state index in [-0.39, 0.29) is 0 Å². The van der Waals surface area contributed by atoms with Crippen LogP contribution in [0.4, 0.5) is 0 Å². The molecule has 1 aromatic carbocycles. The number of morpholine rings is 1. The van der Waals surface area contributed by atoms with Crippen LogP contribution in [0.5, 0.6) is 0 Å². The number of likely N-dealkylation sites (tertiary alicyclic amines) is 1. The molecule has 0 unspecified atom stereocenters. The van der Waals surface area contributed by atoms with Gasteiger partial charge >= 0.3 is 0 Å². The van der Waals surface area contributed by atoms with Crippen LogP contribution in [0, 0.1) is 5.41 Å². The summed E-state index contributed by atoms with van der Waals surface area (Å²) in [5.74, 6) is 0. The van der Waals surface area contributed by atoms with E-state index in [1.165, 1.54) is 17.1 Å². The number of rotatable bonds is 4. The molecule has 0 radical (unpaired) electrons. The predicted octanol–water partition coefficient (Wildman–Crippen LogP) is 2.33. The molecule has 0 atom stereocenters. The zero-order valence-corrected chi connectivity index (χ0v) is 15.5. The normalized spacial score (nSPS) is 23.2. The van der Waals surface area contributed by atoms with Gasteiger partial charge in [-0.05, 0) is 49.0 Å². The monoisotopic (exact) mass is 352 g/mol. The first-order chi connectivity index (χ1) is 11.4. The minimum absolute atomic E-state index is 0.402. The highest BCUT2D eigenvalue weighted by atomic mass is 32.2. The standard InChI is InChI=1S/C18H28N2O3S/c1-18(2)6-8-19(9-7-18)15-16-4-3-5-17(14-16)24(21,22)20-10-12-23-13-11-20/h3-5,14H,6-13,15H2,1-2H3. The van der Waals surface area contributed by atoms with Crippen molar-refractivity contribution in [2.24, 2.45) is 5.41 Å². The van der Waals surface area contributed by atoms with Crippen molar-refractivity contribution in [3.8, 4) is 0 Å². The van der Waals surface area contributed by atoms with Gasteiger partial charge in [-0.15, -0.1) is 0 Å². The Morgan fingerprint density at radius 3 is 2.42 bits per heavy atom. The van der Waals surface area contributed by atoms with E-state index in [0.29, 0.717) is 36.6 Å². The lowest BCUT2D eigenvalue weighted by Crippen LogP contribution is -2.40. The Bertz CT molecular complexity index is 657. The molecule has 134 valence electrons. The van der Waals surface area contributed by atoms with Crippen molar-refractivity contribution < 1.29 is 13.2 Å². The van der Waals surface area contributed by atoms with Gasteiger partial charge in [-0.25, -0.2) is 8.42 Å². The second kappa shape index (κ2) is 7.12. The Morgan fingerprint density at radius 1 is 1.08 bits per heavy atom. The van der Waals surface area contributed by atoms with Crippen molar-refractivity contribution in [3.05, 3.63) is 29.8 Å². The molecular weight excluding hydrogens is 324 g/mol. The van der Waals surface area contributed by atoms with Crippen molar-refractivity contribution in [1.29, 1.82) is 0 Å². The number of benzene rings is 1. The lowest BCUT2D eigenvalue weighted by molar-refractivity contribution is 0.0730. The van der Waals surface area contributed by atoms with Crippen LogP contribution >= 0.6 is 0 Å². The summed E-state index contributed by atoms with van der Waals surface area (Å²) in [6, 6.07) is 7.42. The predicted molar refractivity (Wildman–Crippen MR) is 94.3 cm³/mol. The highest BCUT2D eigenvalue weighted by Gasteiger charge is 2.27. The molecule has 0 spiro atoms. The van der Waals surface area contributed by atoms with E-state index >= 15 is 0 Å². The minimum Gasteiger partial charge on any atom is -0.379 e. The molecule has 6 heteroatoms. The fraction of sp³-hybridized carbons (Fsp3) is 0.667. The molecule has 2 heterocycles. The second-order valence-electron chi connectivity index (χ2n) is 7.60. The SMILES string of the molecule is CC1(C)CCN(Cc2cccc(S(=O)(=O)N3CCOCC3)c2)CC1. The third-order valence-electron chi connectivity index (χ3n) is 5.12. The fourth-order valence-electron chi connectivity index (χ4n) is 3.31. The van der Waals surface area contributed by atoms with Gasteiger partial charge in [0.15, 0.2) is 0 Å². The zero-order valence-electron chi connectivity index (χ0n) is 14.7. The van der Waals surface area contributed by atoms with Gasteiger partial charge in [0.05, 0.1) is 18.1 Å². The zero-order chi connectivity index (χ0) is 17.2. The van der Waals surface area contributed by atoms with Gasteiger partial charge in [0, 0.05) is 19.6 Å². The maximum Gasteiger partial charge on any atom is 0.243 e. The summed E-state index contributed by atoms with van der Waals surface area (Å²) in [7, 11) is -3.41. The van der Waals surface area contributed by atoms with Gasteiger partial charge in [-0.2, -0.15) is 4.31 Å². The summed E-state index contributed by atoms with van der Waals surface area (Å²) in [6.07, 6.45) is 2.39. The molecule has 2 aliphatic heterocycles. The quantitative estimate of drug-likeness (QED) is 0.834. The Kier molecular flexibility index (Phi) is 5.30. The largest absolute Gasteiger partial charge is 0.379 e. The molecule has 0 N–H and O–H groups in total. The number of nitrogens with zero attached hydrogens (tertiary/aromatic N) is 2. The Balaban J connectivity index is 1.70. The van der Waals surface area contributed by atoms with Crippen LogP contribution in [0.2, 0.25) is 0 Å². The molecule has 24 heavy (non-hydrogen) atoms. The molecule has 2 saturated heterocycles. The van der Waals surface area contributed by atoms with Crippen molar-refractivity contribution in [3.63, 3.8) is 0 Å². The molecule has 0 amide bonds. The maximum absolute atomic E-state index is 12.8. The summed E-state index contributed by atoms with van der Waals surface area (Å²) >= 11 is 0. The van der Waals surface area contributed by atoms with Gasteiger partial charge in [0.2, 0.25) is 10.0 Å². The molecule has 0 aliphatic carbocycles. The number of piperidine rings is 1. The summed E-state index contributed by atoms with van der Waals surface area (Å²) in [5.41, 5.74) is 1.50. The van der Waals surface area contributed by atoms with E-state index in [9.17, 15) is 8.42 Å². The fourth-order valence-corrected chi connectivity index (χ4v) is 4.79. The average molecular weight is 353 g/mol. The number of sulfonamides is 1. The van der Waals surface area contributed by atoms with Crippen LogP contribution < -0.4 is 0 Å². The topological polar surface area (TPSA) is 49.9 Å². The van der Waals surface area contributed by atoms with E-state index in [0.717, 1.165) is 25.2 Å². The summed E-state index contributed by atoms with van der Waals surface area (Å²) in [5, 5.41) is 0. The van der Waals surface area contributed by atoms with Crippen LogP contribution in [-0.4, -0.2) is 57.0 Å². The van der Waals surface area contributed by atoms with Crippen molar-refractivity contribution in [2.75, 3.05) is 39.4 Å². The first-order valence-electron chi connectivity index (χ1n) is 8.76. The first kappa shape index (κ1) is 17.9. The molecule has 2 fully saturated rings. The molecule has 2 aliphatic rings. The lowest BCUT2D eigenvalue weighted by atomic mass is 9.82. The van der Waals surface area contributed by atoms with Crippen LogP contribution in [0.1, 0.15) is 32.3 Å². The summed E-state index contributed by atoms with van der Waals surface area (Å²) < 4.78 is 32.3. The highest BCUT2D eigenvalue weighted by Crippen LogP contribution is 2.30. The van der Waals surface area contributed by atoms with Crippen LogP contribution in [-0.2, 0) is 21.3 Å². The number of ether oxygens (including phenoxy) is 1. The van der Waals surface area contributed by atoms with Crippen molar-refractivity contribution in [1.82, 2.24) is 9.21 Å². The van der Waals surface area contributed by atoms with E-state index in [2.05, 4.69) is 18.7 Å². The van der Waals surface area contributed by atoms with Crippen LogP contribution in [0.15, 0.2) is 29.2 Å². The summed E-state index contributed by atoms with van der Waals surface area (Å²) in [4.78, 5) is 2.82. The van der Waals surface area contributed by atoms with Gasteiger partial charge in [-0.3, -0.25) is 4.90 Å². The Morgan fingerprint density at radius 2 is 1.75 bits per heavy atom. The Labute approximate surface area is 145 Å². The van der Waals surface area contributed by atoms with E-state index in [1.807, 2.05) is 18.2 Å². The molecule has 0 saturated carbocycles. The maximum atomic E-state index is 12.8. The minimum atomic E-state index is -3.41. The molecule has 0 aromatic heterocycles. The van der Waals surface area contributed by atoms with Crippen molar-refractivity contribution >= 4 is 10.0 Å². The third-order valence-corrected chi connectivity index (χ3v) is 7.02. The van der Waals surface area contributed by atoms with Gasteiger partial charge in [0.25, 0.3) is 0 Å².